The molecule has 1 saturated heterocycles. The highest BCUT2D eigenvalue weighted by atomic mass is 32.2. The topological polar surface area (TPSA) is 63.4 Å². The van der Waals surface area contributed by atoms with Gasteiger partial charge in [-0.3, -0.25) is 0 Å². The molecule has 5 heteroatoms. The molecule has 0 radical (unpaired) electrons. The summed E-state index contributed by atoms with van der Waals surface area (Å²) in [6.45, 7) is 4.51. The Kier molecular flexibility index (Phi) is 4.34. The van der Waals surface area contributed by atoms with Crippen LogP contribution in [-0.2, 0) is 9.84 Å². The number of nitrogens with zero attached hydrogens (tertiary/aromatic N) is 1. The van der Waals surface area contributed by atoms with Crippen molar-refractivity contribution in [2.24, 2.45) is 5.73 Å². The molecule has 1 heterocycles. The summed E-state index contributed by atoms with van der Waals surface area (Å²) in [5, 5.41) is 0. The molecule has 0 bridgehead atoms. The van der Waals surface area contributed by atoms with E-state index in [1.165, 1.54) is 0 Å². The predicted octanol–water partition coefficient (Wildman–Crippen LogP) is -0.156. The summed E-state index contributed by atoms with van der Waals surface area (Å²) in [6, 6.07) is 0.290. The first-order chi connectivity index (χ1) is 6.53. The predicted molar refractivity (Wildman–Crippen MR) is 58.0 cm³/mol. The van der Waals surface area contributed by atoms with E-state index in [1.54, 1.807) is 6.92 Å². The van der Waals surface area contributed by atoms with Crippen LogP contribution in [0.2, 0.25) is 0 Å². The highest BCUT2D eigenvalue weighted by Gasteiger charge is 2.18. The van der Waals surface area contributed by atoms with Gasteiger partial charge in [0.2, 0.25) is 0 Å². The van der Waals surface area contributed by atoms with Gasteiger partial charge in [0, 0.05) is 18.3 Å². The normalized spacial score (nSPS) is 24.3. The zero-order valence-electron chi connectivity index (χ0n) is 8.78. The van der Waals surface area contributed by atoms with Crippen molar-refractivity contribution >= 4 is 9.84 Å². The molecule has 0 saturated carbocycles. The molecule has 4 nitrogen and oxygen atoms in total. The highest BCUT2D eigenvalue weighted by Crippen LogP contribution is 2.07. The van der Waals surface area contributed by atoms with Gasteiger partial charge in [0.1, 0.15) is 9.84 Å². The van der Waals surface area contributed by atoms with E-state index >= 15 is 0 Å². The van der Waals surface area contributed by atoms with Gasteiger partial charge in [-0.05, 0) is 25.9 Å². The van der Waals surface area contributed by atoms with Crippen molar-refractivity contribution in [2.45, 2.75) is 25.8 Å². The largest absolute Gasteiger partial charge is 0.326 e. The molecule has 1 aliphatic rings. The second kappa shape index (κ2) is 5.09. The number of nitrogens with two attached hydrogens (primary N) is 1. The van der Waals surface area contributed by atoms with Crippen LogP contribution in [0, 0.1) is 0 Å². The fourth-order valence-electron chi connectivity index (χ4n) is 1.72. The van der Waals surface area contributed by atoms with Crippen LogP contribution in [0.1, 0.15) is 19.8 Å². The van der Waals surface area contributed by atoms with E-state index in [0.717, 1.165) is 32.5 Å². The van der Waals surface area contributed by atoms with E-state index in [0.29, 0.717) is 5.75 Å². The fourth-order valence-corrected chi connectivity index (χ4v) is 2.58. The van der Waals surface area contributed by atoms with Crippen molar-refractivity contribution in [3.8, 4) is 0 Å². The first-order valence-electron chi connectivity index (χ1n) is 5.22. The molecule has 0 aromatic rings. The SMILES string of the molecule is CCS(=O)(=O)CCCN1CC[C@H](N)C1. The Labute approximate surface area is 86.4 Å². The number of likely N-dealkylation sites (tertiary alicyclic amines) is 1. The summed E-state index contributed by atoms with van der Waals surface area (Å²) in [5.74, 6) is 0.571. The minimum atomic E-state index is -2.78. The molecule has 2 N–H and O–H groups in total. The van der Waals surface area contributed by atoms with Crippen LogP contribution < -0.4 is 5.73 Å². The van der Waals surface area contributed by atoms with Crippen LogP contribution in [0.3, 0.4) is 0 Å². The van der Waals surface area contributed by atoms with Crippen molar-refractivity contribution in [2.75, 3.05) is 31.1 Å². The smallest absolute Gasteiger partial charge is 0.150 e. The van der Waals surface area contributed by atoms with E-state index in [2.05, 4.69) is 4.90 Å². The Balaban J connectivity index is 2.16. The molecule has 0 unspecified atom stereocenters. The maximum atomic E-state index is 11.2. The summed E-state index contributed by atoms with van der Waals surface area (Å²) in [5.41, 5.74) is 5.75. The molecular formula is C9H20N2O2S. The zero-order valence-corrected chi connectivity index (χ0v) is 9.59. The standard InChI is InChI=1S/C9H20N2O2S/c1-2-14(12,13)7-3-5-11-6-4-9(10)8-11/h9H,2-8,10H2,1H3/t9-/m0/s1. The second-order valence-electron chi connectivity index (χ2n) is 3.94. The van der Waals surface area contributed by atoms with E-state index in [-0.39, 0.29) is 11.8 Å². The summed E-state index contributed by atoms with van der Waals surface area (Å²) in [4.78, 5) is 2.25. The Morgan fingerprint density at radius 1 is 1.50 bits per heavy atom. The highest BCUT2D eigenvalue weighted by molar-refractivity contribution is 7.91. The summed E-state index contributed by atoms with van der Waals surface area (Å²) in [6.07, 6.45) is 1.78. The summed E-state index contributed by atoms with van der Waals surface area (Å²) in [7, 11) is -2.78. The molecule has 0 aromatic carbocycles. The minimum Gasteiger partial charge on any atom is -0.326 e. The number of hydrogen-bond donors (Lipinski definition) is 1. The van der Waals surface area contributed by atoms with Crippen LogP contribution >= 0.6 is 0 Å². The Morgan fingerprint density at radius 3 is 2.71 bits per heavy atom. The lowest BCUT2D eigenvalue weighted by molar-refractivity contribution is 0.335. The molecule has 0 spiro atoms. The van der Waals surface area contributed by atoms with Crippen LogP contribution in [0.15, 0.2) is 0 Å². The van der Waals surface area contributed by atoms with Gasteiger partial charge in [-0.15, -0.1) is 0 Å². The Morgan fingerprint density at radius 2 is 2.21 bits per heavy atom. The van der Waals surface area contributed by atoms with Crippen LogP contribution in [0.25, 0.3) is 0 Å². The lowest BCUT2D eigenvalue weighted by Crippen LogP contribution is -2.28. The Hall–Kier alpha value is -0.130. The third-order valence-electron chi connectivity index (χ3n) is 2.68. The van der Waals surface area contributed by atoms with Gasteiger partial charge in [-0.2, -0.15) is 0 Å². The molecule has 0 aromatic heterocycles. The average molecular weight is 220 g/mol. The van der Waals surface area contributed by atoms with Gasteiger partial charge in [0.05, 0.1) is 5.75 Å². The van der Waals surface area contributed by atoms with Crippen molar-refractivity contribution in [1.29, 1.82) is 0 Å². The first-order valence-corrected chi connectivity index (χ1v) is 7.04. The van der Waals surface area contributed by atoms with E-state index in [1.807, 2.05) is 0 Å². The number of sulfone groups is 1. The molecule has 1 aliphatic heterocycles. The van der Waals surface area contributed by atoms with E-state index in [4.69, 9.17) is 5.73 Å². The van der Waals surface area contributed by atoms with Crippen molar-refractivity contribution in [1.82, 2.24) is 4.90 Å². The van der Waals surface area contributed by atoms with Gasteiger partial charge in [0.15, 0.2) is 0 Å². The summed E-state index contributed by atoms with van der Waals surface area (Å²) < 4.78 is 22.4. The maximum absolute atomic E-state index is 11.2. The molecule has 1 rings (SSSR count). The third-order valence-corrected chi connectivity index (χ3v) is 4.47. The summed E-state index contributed by atoms with van der Waals surface area (Å²) >= 11 is 0. The van der Waals surface area contributed by atoms with E-state index < -0.39 is 9.84 Å². The van der Waals surface area contributed by atoms with Gasteiger partial charge < -0.3 is 10.6 Å². The maximum Gasteiger partial charge on any atom is 0.150 e. The first kappa shape index (κ1) is 11.9. The quantitative estimate of drug-likeness (QED) is 0.699. The van der Waals surface area contributed by atoms with Gasteiger partial charge in [-0.1, -0.05) is 6.92 Å². The fraction of sp³-hybridized carbons (Fsp3) is 1.00. The second-order valence-corrected chi connectivity index (χ2v) is 6.41. The van der Waals surface area contributed by atoms with Crippen LogP contribution in [-0.4, -0.2) is 50.5 Å². The lowest BCUT2D eigenvalue weighted by atomic mass is 10.3. The zero-order chi connectivity index (χ0) is 10.6. The van der Waals surface area contributed by atoms with Crippen molar-refractivity contribution in [3.05, 3.63) is 0 Å². The van der Waals surface area contributed by atoms with E-state index in [9.17, 15) is 8.42 Å². The third kappa shape index (κ3) is 3.94. The molecular weight excluding hydrogens is 200 g/mol. The monoisotopic (exact) mass is 220 g/mol. The van der Waals surface area contributed by atoms with Gasteiger partial charge in [-0.25, -0.2) is 8.42 Å². The average Bonchev–Trinajstić information content (AvgIpc) is 2.51. The number of rotatable bonds is 5. The Bertz CT molecular complexity index is 264. The number of hydrogen-bond acceptors (Lipinski definition) is 4. The van der Waals surface area contributed by atoms with Gasteiger partial charge in [0.25, 0.3) is 0 Å². The minimum absolute atomic E-state index is 0.256. The molecule has 0 amide bonds. The molecule has 84 valence electrons. The van der Waals surface area contributed by atoms with Crippen LogP contribution in [0.4, 0.5) is 0 Å². The molecule has 1 fully saturated rings. The molecule has 0 aliphatic carbocycles. The van der Waals surface area contributed by atoms with Crippen molar-refractivity contribution < 1.29 is 8.42 Å². The lowest BCUT2D eigenvalue weighted by Gasteiger charge is -2.14. The van der Waals surface area contributed by atoms with Crippen LogP contribution in [0.5, 0.6) is 0 Å². The molecule has 14 heavy (non-hydrogen) atoms. The van der Waals surface area contributed by atoms with Gasteiger partial charge >= 0.3 is 0 Å². The van der Waals surface area contributed by atoms with Crippen molar-refractivity contribution in [3.63, 3.8) is 0 Å². The molecule has 1 atom stereocenters.